The molecule has 0 spiro atoms. The third-order valence-electron chi connectivity index (χ3n) is 1.76. The third kappa shape index (κ3) is 4.49. The second-order valence-corrected chi connectivity index (χ2v) is 4.88. The van der Waals surface area contributed by atoms with Crippen molar-refractivity contribution in [1.82, 2.24) is 0 Å². The summed E-state index contributed by atoms with van der Waals surface area (Å²) in [7, 11) is 1.69. The first-order chi connectivity index (χ1) is 7.24. The average Bonchev–Trinajstić information content (AvgIpc) is 2.66. The molecule has 15 heavy (non-hydrogen) atoms. The second-order valence-electron chi connectivity index (χ2n) is 2.84. The van der Waals surface area contributed by atoms with Crippen molar-refractivity contribution in [3.8, 4) is 5.75 Å². The molecular formula is C12H13BrOS. The number of hydrogen-bond donors (Lipinski definition) is 0. The van der Waals surface area contributed by atoms with E-state index >= 15 is 0 Å². The molecule has 0 unspecified atom stereocenters. The SMILES string of the molecule is Brc1ccccc1.COc1ccsc1C. The number of thiophene rings is 1. The molecule has 0 fully saturated rings. The molecule has 3 heteroatoms. The van der Waals surface area contributed by atoms with Crippen molar-refractivity contribution in [2.75, 3.05) is 7.11 Å². The monoisotopic (exact) mass is 284 g/mol. The lowest BCUT2D eigenvalue weighted by Gasteiger charge is -1.92. The van der Waals surface area contributed by atoms with Gasteiger partial charge in [0.1, 0.15) is 5.75 Å². The van der Waals surface area contributed by atoms with Gasteiger partial charge in [0.15, 0.2) is 0 Å². The first-order valence-corrected chi connectivity index (χ1v) is 6.20. The van der Waals surface area contributed by atoms with Gasteiger partial charge in [-0.05, 0) is 30.5 Å². The van der Waals surface area contributed by atoms with Gasteiger partial charge in [-0.3, -0.25) is 0 Å². The summed E-state index contributed by atoms with van der Waals surface area (Å²) in [6.45, 7) is 2.05. The smallest absolute Gasteiger partial charge is 0.132 e. The van der Waals surface area contributed by atoms with Crippen LogP contribution in [-0.2, 0) is 0 Å². The Balaban J connectivity index is 0.000000151. The van der Waals surface area contributed by atoms with Crippen LogP contribution in [0.15, 0.2) is 46.3 Å². The molecule has 0 aliphatic carbocycles. The summed E-state index contributed by atoms with van der Waals surface area (Å²) in [5.41, 5.74) is 0. The van der Waals surface area contributed by atoms with Gasteiger partial charge in [0.2, 0.25) is 0 Å². The predicted molar refractivity (Wildman–Crippen MR) is 69.8 cm³/mol. The van der Waals surface area contributed by atoms with E-state index in [9.17, 15) is 0 Å². The van der Waals surface area contributed by atoms with Crippen LogP contribution in [0, 0.1) is 6.92 Å². The van der Waals surface area contributed by atoms with Crippen LogP contribution in [0.3, 0.4) is 0 Å². The number of benzene rings is 1. The molecule has 0 aliphatic rings. The van der Waals surface area contributed by atoms with E-state index in [0.717, 1.165) is 10.2 Å². The molecule has 0 N–H and O–H groups in total. The lowest BCUT2D eigenvalue weighted by molar-refractivity contribution is 0.414. The Morgan fingerprint density at radius 2 is 1.80 bits per heavy atom. The van der Waals surface area contributed by atoms with Gasteiger partial charge >= 0.3 is 0 Å². The van der Waals surface area contributed by atoms with E-state index in [1.54, 1.807) is 18.4 Å². The van der Waals surface area contributed by atoms with Gasteiger partial charge in [0, 0.05) is 9.35 Å². The molecule has 0 saturated carbocycles. The van der Waals surface area contributed by atoms with Crippen molar-refractivity contribution < 1.29 is 4.74 Å². The summed E-state index contributed by atoms with van der Waals surface area (Å²) in [4.78, 5) is 1.24. The zero-order valence-corrected chi connectivity index (χ0v) is 11.1. The molecule has 1 aromatic carbocycles. The molecule has 0 radical (unpaired) electrons. The molecule has 2 rings (SSSR count). The number of hydrogen-bond acceptors (Lipinski definition) is 2. The van der Waals surface area contributed by atoms with Crippen molar-refractivity contribution in [1.29, 1.82) is 0 Å². The van der Waals surface area contributed by atoms with Crippen molar-refractivity contribution in [3.63, 3.8) is 0 Å². The van der Waals surface area contributed by atoms with Gasteiger partial charge in [-0.15, -0.1) is 11.3 Å². The van der Waals surface area contributed by atoms with Crippen LogP contribution >= 0.6 is 27.3 Å². The van der Waals surface area contributed by atoms with Gasteiger partial charge < -0.3 is 4.74 Å². The standard InChI is InChI=1S/C6H5Br.C6H8OS/c7-6-4-2-1-3-5-6;1-5-6(7-2)3-4-8-5/h1-5H;3-4H,1-2H3. The number of aryl methyl sites for hydroxylation is 1. The van der Waals surface area contributed by atoms with Crippen LogP contribution in [0.5, 0.6) is 5.75 Å². The summed E-state index contributed by atoms with van der Waals surface area (Å²) in [6, 6.07) is 11.9. The first kappa shape index (κ1) is 12.3. The Kier molecular flexibility index (Phi) is 5.43. The maximum Gasteiger partial charge on any atom is 0.132 e. The maximum absolute atomic E-state index is 5.00. The minimum absolute atomic E-state index is 0.995. The van der Waals surface area contributed by atoms with E-state index in [2.05, 4.69) is 15.9 Å². The van der Waals surface area contributed by atoms with Gasteiger partial charge in [-0.2, -0.15) is 0 Å². The largest absolute Gasteiger partial charge is 0.496 e. The Morgan fingerprint density at radius 1 is 1.13 bits per heavy atom. The van der Waals surface area contributed by atoms with Gasteiger partial charge in [0.05, 0.1) is 7.11 Å². The fraction of sp³-hybridized carbons (Fsp3) is 0.167. The summed E-state index contributed by atoms with van der Waals surface area (Å²) in [6.07, 6.45) is 0. The van der Waals surface area contributed by atoms with Crippen molar-refractivity contribution in [2.45, 2.75) is 6.92 Å². The molecule has 0 saturated heterocycles. The van der Waals surface area contributed by atoms with Crippen LogP contribution in [0.1, 0.15) is 4.88 Å². The van der Waals surface area contributed by atoms with Crippen LogP contribution in [0.2, 0.25) is 0 Å². The summed E-state index contributed by atoms with van der Waals surface area (Å²) in [5.74, 6) is 0.995. The Bertz CT molecular complexity index is 384. The average molecular weight is 285 g/mol. The molecule has 1 nitrogen and oxygen atoms in total. The van der Waals surface area contributed by atoms with E-state index in [0.29, 0.717) is 0 Å². The van der Waals surface area contributed by atoms with Crippen molar-refractivity contribution in [3.05, 3.63) is 51.1 Å². The third-order valence-corrected chi connectivity index (χ3v) is 3.12. The molecule has 1 aromatic heterocycles. The number of ether oxygens (including phenoxy) is 1. The van der Waals surface area contributed by atoms with Gasteiger partial charge in [-0.1, -0.05) is 34.1 Å². The van der Waals surface area contributed by atoms with E-state index < -0.39 is 0 Å². The minimum Gasteiger partial charge on any atom is -0.496 e. The highest BCUT2D eigenvalue weighted by Gasteiger charge is 1.94. The van der Waals surface area contributed by atoms with Gasteiger partial charge in [-0.25, -0.2) is 0 Å². The van der Waals surface area contributed by atoms with Gasteiger partial charge in [0.25, 0.3) is 0 Å². The lowest BCUT2D eigenvalue weighted by Crippen LogP contribution is -1.78. The molecule has 0 atom stereocenters. The predicted octanol–water partition coefficient (Wildman–Crippen LogP) is 4.51. The van der Waals surface area contributed by atoms with Crippen LogP contribution in [0.25, 0.3) is 0 Å². The topological polar surface area (TPSA) is 9.23 Å². The quantitative estimate of drug-likeness (QED) is 0.748. The zero-order valence-electron chi connectivity index (χ0n) is 8.74. The molecule has 0 bridgehead atoms. The molecule has 80 valence electrons. The normalized spacial score (nSPS) is 9.00. The molecule has 0 aliphatic heterocycles. The number of halogens is 1. The first-order valence-electron chi connectivity index (χ1n) is 4.52. The number of rotatable bonds is 1. The summed E-state index contributed by atoms with van der Waals surface area (Å²) in [5, 5.41) is 2.02. The van der Waals surface area contributed by atoms with E-state index in [-0.39, 0.29) is 0 Å². The highest BCUT2D eigenvalue weighted by atomic mass is 79.9. The molecule has 0 amide bonds. The Morgan fingerprint density at radius 3 is 2.07 bits per heavy atom. The van der Waals surface area contributed by atoms with Crippen LogP contribution in [-0.4, -0.2) is 7.11 Å². The molecule has 1 heterocycles. The van der Waals surface area contributed by atoms with E-state index in [1.165, 1.54) is 4.88 Å². The van der Waals surface area contributed by atoms with E-state index in [4.69, 9.17) is 4.74 Å². The fourth-order valence-corrected chi connectivity index (χ4v) is 1.97. The van der Waals surface area contributed by atoms with Crippen LogP contribution in [0.4, 0.5) is 0 Å². The second kappa shape index (κ2) is 6.64. The number of methoxy groups -OCH3 is 1. The fourth-order valence-electron chi connectivity index (χ4n) is 1.000. The highest BCUT2D eigenvalue weighted by molar-refractivity contribution is 9.10. The zero-order chi connectivity index (χ0) is 11.1. The lowest BCUT2D eigenvalue weighted by atomic mass is 10.4. The summed E-state index contributed by atoms with van der Waals surface area (Å²) < 4.78 is 6.13. The highest BCUT2D eigenvalue weighted by Crippen LogP contribution is 2.21. The summed E-state index contributed by atoms with van der Waals surface area (Å²) >= 11 is 5.02. The Labute approximate surface area is 103 Å². The molecule has 2 aromatic rings. The van der Waals surface area contributed by atoms with Crippen LogP contribution < -0.4 is 4.74 Å². The minimum atomic E-state index is 0.995. The Hall–Kier alpha value is -0.800. The van der Waals surface area contributed by atoms with E-state index in [1.807, 2.05) is 48.7 Å². The van der Waals surface area contributed by atoms with Crippen molar-refractivity contribution in [2.24, 2.45) is 0 Å². The maximum atomic E-state index is 5.00. The van der Waals surface area contributed by atoms with Crippen molar-refractivity contribution >= 4 is 27.3 Å². The molecular weight excluding hydrogens is 272 g/mol.